The van der Waals surface area contributed by atoms with Crippen molar-refractivity contribution in [2.24, 2.45) is 0 Å². The Morgan fingerprint density at radius 3 is 2.42 bits per heavy atom. The minimum Gasteiger partial charge on any atom is -0.495 e. The van der Waals surface area contributed by atoms with Crippen LogP contribution in [0.25, 0.3) is 0 Å². The van der Waals surface area contributed by atoms with Crippen LogP contribution in [-0.2, 0) is 15.6 Å². The summed E-state index contributed by atoms with van der Waals surface area (Å²) in [5, 5.41) is 3.69. The van der Waals surface area contributed by atoms with Gasteiger partial charge in [0.25, 0.3) is 0 Å². The van der Waals surface area contributed by atoms with Gasteiger partial charge in [0.05, 0.1) is 17.7 Å². The number of piperazine rings is 1. The van der Waals surface area contributed by atoms with Gasteiger partial charge in [0.1, 0.15) is 11.5 Å². The highest BCUT2D eigenvalue weighted by atomic mass is 32.2. The van der Waals surface area contributed by atoms with Crippen molar-refractivity contribution in [1.82, 2.24) is 15.0 Å². The molecule has 31 heavy (non-hydrogen) atoms. The number of nitrogens with zero attached hydrogens (tertiary/aromatic N) is 4. The number of ether oxygens (including phenoxy) is 1. The molecule has 0 aliphatic carbocycles. The van der Waals surface area contributed by atoms with E-state index in [1.165, 1.54) is 12.1 Å². The Morgan fingerprint density at radius 1 is 1.03 bits per heavy atom. The molecule has 2 heterocycles. The lowest BCUT2D eigenvalue weighted by molar-refractivity contribution is 0.0696. The zero-order chi connectivity index (χ0) is 21.8. The second kappa shape index (κ2) is 8.76. The van der Waals surface area contributed by atoms with Gasteiger partial charge in [-0.05, 0) is 24.3 Å². The Morgan fingerprint density at radius 2 is 1.71 bits per heavy atom. The first kappa shape index (κ1) is 20.9. The Kier molecular flexibility index (Phi) is 5.90. The van der Waals surface area contributed by atoms with Crippen molar-refractivity contribution in [3.8, 4) is 5.75 Å². The molecular formula is C21H22N4O5S. The van der Waals surface area contributed by atoms with Crippen LogP contribution >= 0.6 is 0 Å². The third-order valence-electron chi connectivity index (χ3n) is 5.07. The van der Waals surface area contributed by atoms with Crippen LogP contribution in [-0.4, -0.2) is 62.7 Å². The molecule has 162 valence electrons. The van der Waals surface area contributed by atoms with Crippen LogP contribution in [0, 0.1) is 0 Å². The van der Waals surface area contributed by atoms with E-state index in [0.717, 1.165) is 11.4 Å². The first-order valence-corrected chi connectivity index (χ1v) is 11.4. The number of amides is 1. The average molecular weight is 442 g/mol. The largest absolute Gasteiger partial charge is 0.495 e. The molecule has 0 bridgehead atoms. The molecule has 1 aliphatic rings. The number of anilines is 1. The zero-order valence-corrected chi connectivity index (χ0v) is 17.8. The standard InChI is InChI=1S/C21H22N4O5S/c1-29-18-10-6-5-9-17(18)24-11-13-25(14-12-24)21(26)20-22-19(23-30-20)15-31(27,28)16-7-3-2-4-8-16/h2-10H,11-15H2,1H3. The van der Waals surface area contributed by atoms with Gasteiger partial charge in [0.2, 0.25) is 0 Å². The molecule has 3 aromatic rings. The van der Waals surface area contributed by atoms with Gasteiger partial charge in [-0.25, -0.2) is 8.42 Å². The SMILES string of the molecule is COc1ccccc1N1CCN(C(=O)c2nc(CS(=O)(=O)c3ccccc3)no2)CC1. The number of aromatic nitrogens is 2. The fourth-order valence-corrected chi connectivity index (χ4v) is 4.65. The van der Waals surface area contributed by atoms with Crippen LogP contribution < -0.4 is 9.64 Å². The quantitative estimate of drug-likeness (QED) is 0.571. The molecular weight excluding hydrogens is 420 g/mol. The molecule has 0 N–H and O–H groups in total. The smallest absolute Gasteiger partial charge is 0.316 e. The summed E-state index contributed by atoms with van der Waals surface area (Å²) < 4.78 is 35.4. The van der Waals surface area contributed by atoms with Gasteiger partial charge in [0, 0.05) is 26.2 Å². The van der Waals surface area contributed by atoms with Gasteiger partial charge in [-0.1, -0.05) is 35.5 Å². The normalized spacial score (nSPS) is 14.5. The maximum atomic E-state index is 12.8. The van der Waals surface area contributed by atoms with E-state index >= 15 is 0 Å². The van der Waals surface area contributed by atoms with Crippen molar-refractivity contribution in [1.29, 1.82) is 0 Å². The van der Waals surface area contributed by atoms with E-state index in [0.29, 0.717) is 26.2 Å². The molecule has 0 saturated carbocycles. The molecule has 1 saturated heterocycles. The molecule has 0 unspecified atom stereocenters. The highest BCUT2D eigenvalue weighted by Crippen LogP contribution is 2.28. The number of hydrogen-bond donors (Lipinski definition) is 0. The number of carbonyl (C=O) groups is 1. The molecule has 4 rings (SSSR count). The summed E-state index contributed by atoms with van der Waals surface area (Å²) in [6, 6.07) is 15.8. The number of carbonyl (C=O) groups excluding carboxylic acids is 1. The molecule has 9 nitrogen and oxygen atoms in total. The molecule has 1 fully saturated rings. The summed E-state index contributed by atoms with van der Waals surface area (Å²) in [4.78, 5) is 20.7. The van der Waals surface area contributed by atoms with E-state index in [1.807, 2.05) is 24.3 Å². The summed E-state index contributed by atoms with van der Waals surface area (Å²) >= 11 is 0. The summed E-state index contributed by atoms with van der Waals surface area (Å²) in [7, 11) is -1.99. The Bertz CT molecular complexity index is 1160. The van der Waals surface area contributed by atoms with Crippen molar-refractivity contribution in [3.05, 3.63) is 66.3 Å². The second-order valence-corrected chi connectivity index (χ2v) is 9.03. The number of hydrogen-bond acceptors (Lipinski definition) is 8. The third kappa shape index (κ3) is 4.53. The van der Waals surface area contributed by atoms with Crippen LogP contribution in [0.3, 0.4) is 0 Å². The first-order chi connectivity index (χ1) is 15.0. The Balaban J connectivity index is 1.40. The molecule has 1 aliphatic heterocycles. The summed E-state index contributed by atoms with van der Waals surface area (Å²) in [5.74, 6) is -0.308. The van der Waals surface area contributed by atoms with E-state index in [2.05, 4.69) is 15.0 Å². The van der Waals surface area contributed by atoms with Gasteiger partial charge < -0.3 is 19.1 Å². The Hall–Kier alpha value is -3.40. The highest BCUT2D eigenvalue weighted by Gasteiger charge is 2.28. The lowest BCUT2D eigenvalue weighted by atomic mass is 10.2. The molecule has 10 heteroatoms. The number of methoxy groups -OCH3 is 1. The number of sulfone groups is 1. The second-order valence-electron chi connectivity index (χ2n) is 7.04. The number of para-hydroxylation sites is 2. The van der Waals surface area contributed by atoms with Crippen LogP contribution in [0.4, 0.5) is 5.69 Å². The maximum absolute atomic E-state index is 12.8. The fraction of sp³-hybridized carbons (Fsp3) is 0.286. The minimum absolute atomic E-state index is 0.0418. The van der Waals surface area contributed by atoms with Crippen molar-refractivity contribution in [2.45, 2.75) is 10.6 Å². The third-order valence-corrected chi connectivity index (χ3v) is 6.69. The maximum Gasteiger partial charge on any atom is 0.316 e. The van der Waals surface area contributed by atoms with E-state index in [-0.39, 0.29) is 16.6 Å². The predicted octanol–water partition coefficient (Wildman–Crippen LogP) is 2.01. The summed E-state index contributed by atoms with van der Waals surface area (Å²) in [6.45, 7) is 2.18. The molecule has 2 aromatic carbocycles. The van der Waals surface area contributed by atoms with E-state index in [9.17, 15) is 13.2 Å². The van der Waals surface area contributed by atoms with Gasteiger partial charge in [-0.3, -0.25) is 4.79 Å². The zero-order valence-electron chi connectivity index (χ0n) is 17.0. The van der Waals surface area contributed by atoms with E-state index < -0.39 is 21.5 Å². The van der Waals surface area contributed by atoms with E-state index in [1.54, 1.807) is 30.2 Å². The highest BCUT2D eigenvalue weighted by molar-refractivity contribution is 7.90. The summed E-state index contributed by atoms with van der Waals surface area (Å²) in [6.07, 6.45) is 0. The van der Waals surface area contributed by atoms with Crippen LogP contribution in [0.5, 0.6) is 5.75 Å². The minimum atomic E-state index is -3.62. The predicted molar refractivity (Wildman–Crippen MR) is 113 cm³/mol. The van der Waals surface area contributed by atoms with Crippen LogP contribution in [0.2, 0.25) is 0 Å². The molecule has 1 aromatic heterocycles. The molecule has 0 radical (unpaired) electrons. The average Bonchev–Trinajstić information content (AvgIpc) is 3.27. The van der Waals surface area contributed by atoms with Gasteiger partial charge in [0.15, 0.2) is 15.7 Å². The van der Waals surface area contributed by atoms with Crippen molar-refractivity contribution >= 4 is 21.4 Å². The van der Waals surface area contributed by atoms with Crippen LogP contribution in [0.15, 0.2) is 64.0 Å². The monoisotopic (exact) mass is 442 g/mol. The first-order valence-electron chi connectivity index (χ1n) is 9.75. The van der Waals surface area contributed by atoms with Crippen molar-refractivity contribution in [2.75, 3.05) is 38.2 Å². The van der Waals surface area contributed by atoms with Gasteiger partial charge in [-0.15, -0.1) is 0 Å². The van der Waals surface area contributed by atoms with Gasteiger partial charge >= 0.3 is 11.8 Å². The summed E-state index contributed by atoms with van der Waals surface area (Å²) in [5.41, 5.74) is 0.975. The fourth-order valence-electron chi connectivity index (χ4n) is 3.46. The van der Waals surface area contributed by atoms with Crippen LogP contribution in [0.1, 0.15) is 16.5 Å². The molecule has 0 atom stereocenters. The molecule has 0 spiro atoms. The van der Waals surface area contributed by atoms with Crippen molar-refractivity contribution in [3.63, 3.8) is 0 Å². The topological polar surface area (TPSA) is 106 Å². The van der Waals surface area contributed by atoms with E-state index in [4.69, 9.17) is 9.26 Å². The van der Waals surface area contributed by atoms with Gasteiger partial charge in [-0.2, -0.15) is 4.98 Å². The lowest BCUT2D eigenvalue weighted by Crippen LogP contribution is -2.49. The number of benzene rings is 2. The molecule has 1 amide bonds. The van der Waals surface area contributed by atoms with Crippen molar-refractivity contribution < 1.29 is 22.5 Å². The lowest BCUT2D eigenvalue weighted by Gasteiger charge is -2.35. The number of rotatable bonds is 6. The Labute approximate surface area is 180 Å².